The van der Waals surface area contributed by atoms with Gasteiger partial charge in [-0.15, -0.1) is 6.58 Å². The highest BCUT2D eigenvalue weighted by Gasteiger charge is 2.35. The number of carbonyl (C=O) groups is 2. The van der Waals surface area contributed by atoms with Crippen LogP contribution in [0, 0.1) is 11.8 Å². The lowest BCUT2D eigenvalue weighted by Gasteiger charge is -2.31. The molecular formula is C25H29N3O2. The fraction of sp³-hybridized carbons (Fsp3) is 0.400. The quantitative estimate of drug-likeness (QED) is 0.693. The molecule has 2 heterocycles. The Balaban J connectivity index is 1.55. The number of amides is 2. The SMILES string of the molecule is C=CCN1CCN(C(=O)C2CCC2)C[C@H](Cc2cccc(-c3ccncc3)c2)C1=O. The van der Waals surface area contributed by atoms with Gasteiger partial charge in [-0.1, -0.05) is 36.8 Å². The fourth-order valence-corrected chi connectivity index (χ4v) is 4.35. The first-order valence-corrected chi connectivity index (χ1v) is 10.8. The van der Waals surface area contributed by atoms with Crippen LogP contribution in [0.2, 0.25) is 0 Å². The van der Waals surface area contributed by atoms with Crippen molar-refractivity contribution in [2.45, 2.75) is 25.7 Å². The second-order valence-electron chi connectivity index (χ2n) is 8.32. The Hall–Kier alpha value is -2.95. The Labute approximate surface area is 178 Å². The van der Waals surface area contributed by atoms with Gasteiger partial charge in [0.05, 0.1) is 5.92 Å². The molecule has 0 unspecified atom stereocenters. The first-order chi connectivity index (χ1) is 14.7. The van der Waals surface area contributed by atoms with Crippen LogP contribution in [0.4, 0.5) is 0 Å². The highest BCUT2D eigenvalue weighted by molar-refractivity contribution is 5.83. The van der Waals surface area contributed by atoms with Gasteiger partial charge in [0.25, 0.3) is 0 Å². The van der Waals surface area contributed by atoms with Crippen LogP contribution in [0.15, 0.2) is 61.4 Å². The zero-order valence-corrected chi connectivity index (χ0v) is 17.4. The molecule has 0 N–H and O–H groups in total. The van der Waals surface area contributed by atoms with E-state index < -0.39 is 0 Å². The van der Waals surface area contributed by atoms with Gasteiger partial charge in [-0.25, -0.2) is 0 Å². The minimum Gasteiger partial charge on any atom is -0.340 e. The molecule has 1 aromatic carbocycles. The Bertz CT molecular complexity index is 908. The molecule has 1 aliphatic heterocycles. The third-order valence-electron chi connectivity index (χ3n) is 6.28. The summed E-state index contributed by atoms with van der Waals surface area (Å²) in [5, 5.41) is 0. The van der Waals surface area contributed by atoms with Crippen molar-refractivity contribution in [2.75, 3.05) is 26.2 Å². The first-order valence-electron chi connectivity index (χ1n) is 10.8. The van der Waals surface area contributed by atoms with E-state index in [4.69, 9.17) is 0 Å². The van der Waals surface area contributed by atoms with Gasteiger partial charge in [-0.2, -0.15) is 0 Å². The summed E-state index contributed by atoms with van der Waals surface area (Å²) in [6.07, 6.45) is 9.07. The molecule has 1 atom stereocenters. The zero-order valence-electron chi connectivity index (χ0n) is 17.4. The topological polar surface area (TPSA) is 53.5 Å². The van der Waals surface area contributed by atoms with Crippen molar-refractivity contribution >= 4 is 11.8 Å². The number of nitrogens with zero attached hydrogens (tertiary/aromatic N) is 3. The van der Waals surface area contributed by atoms with Gasteiger partial charge >= 0.3 is 0 Å². The molecule has 5 heteroatoms. The number of aromatic nitrogens is 1. The van der Waals surface area contributed by atoms with Crippen LogP contribution >= 0.6 is 0 Å². The molecule has 1 saturated heterocycles. The van der Waals surface area contributed by atoms with Gasteiger partial charge in [0.2, 0.25) is 11.8 Å². The van der Waals surface area contributed by atoms with E-state index in [1.165, 1.54) is 0 Å². The van der Waals surface area contributed by atoms with Crippen molar-refractivity contribution in [3.63, 3.8) is 0 Å². The molecular weight excluding hydrogens is 374 g/mol. The van der Waals surface area contributed by atoms with Crippen molar-refractivity contribution in [2.24, 2.45) is 11.8 Å². The van der Waals surface area contributed by atoms with Gasteiger partial charge < -0.3 is 9.80 Å². The number of hydrogen-bond acceptors (Lipinski definition) is 3. The highest BCUT2D eigenvalue weighted by Crippen LogP contribution is 2.30. The van der Waals surface area contributed by atoms with E-state index >= 15 is 0 Å². The lowest BCUT2D eigenvalue weighted by atomic mass is 9.84. The van der Waals surface area contributed by atoms with E-state index in [1.807, 2.05) is 28.0 Å². The molecule has 4 rings (SSSR count). The monoisotopic (exact) mass is 403 g/mol. The molecule has 2 amide bonds. The maximum atomic E-state index is 13.2. The predicted octanol–water partition coefficient (Wildman–Crippen LogP) is 3.56. The van der Waals surface area contributed by atoms with E-state index in [1.54, 1.807) is 18.5 Å². The number of pyridine rings is 1. The number of rotatable bonds is 6. The van der Waals surface area contributed by atoms with Crippen molar-refractivity contribution in [3.8, 4) is 11.1 Å². The summed E-state index contributed by atoms with van der Waals surface area (Å²) in [7, 11) is 0. The second-order valence-corrected chi connectivity index (χ2v) is 8.32. The van der Waals surface area contributed by atoms with Gasteiger partial charge in [0.15, 0.2) is 0 Å². The largest absolute Gasteiger partial charge is 0.340 e. The highest BCUT2D eigenvalue weighted by atomic mass is 16.2. The summed E-state index contributed by atoms with van der Waals surface area (Å²) in [5.74, 6) is 0.268. The van der Waals surface area contributed by atoms with Crippen LogP contribution in [-0.4, -0.2) is 52.8 Å². The second kappa shape index (κ2) is 9.24. The lowest BCUT2D eigenvalue weighted by molar-refractivity contribution is -0.138. The first kappa shape index (κ1) is 20.3. The molecule has 30 heavy (non-hydrogen) atoms. The number of carbonyl (C=O) groups excluding carboxylic acids is 2. The average Bonchev–Trinajstić information content (AvgIpc) is 2.88. The molecule has 2 fully saturated rings. The minimum absolute atomic E-state index is 0.119. The van der Waals surface area contributed by atoms with Crippen LogP contribution in [0.1, 0.15) is 24.8 Å². The standard InChI is InChI=1S/C25H29N3O2/c1-2-13-27-14-15-28(24(29)21-6-4-7-21)18-23(25(27)30)17-19-5-3-8-22(16-19)20-9-11-26-12-10-20/h2-3,5,8-12,16,21,23H,1,4,6-7,13-15,17-18H2/t23-/m0/s1. The maximum Gasteiger partial charge on any atom is 0.228 e. The average molecular weight is 404 g/mol. The number of benzene rings is 1. The van der Waals surface area contributed by atoms with E-state index in [0.29, 0.717) is 32.6 Å². The molecule has 156 valence electrons. The van der Waals surface area contributed by atoms with Gasteiger partial charge in [-0.3, -0.25) is 14.6 Å². The van der Waals surface area contributed by atoms with E-state index in [-0.39, 0.29) is 23.7 Å². The van der Waals surface area contributed by atoms with Crippen molar-refractivity contribution in [3.05, 3.63) is 67.0 Å². The molecule has 5 nitrogen and oxygen atoms in total. The van der Waals surface area contributed by atoms with Crippen LogP contribution in [0.25, 0.3) is 11.1 Å². The molecule has 2 aromatic rings. The minimum atomic E-state index is -0.232. The fourth-order valence-electron chi connectivity index (χ4n) is 4.35. The van der Waals surface area contributed by atoms with Crippen LogP contribution in [0.5, 0.6) is 0 Å². The van der Waals surface area contributed by atoms with Crippen LogP contribution in [-0.2, 0) is 16.0 Å². The summed E-state index contributed by atoms with van der Waals surface area (Å²) in [4.78, 5) is 34.0. The lowest BCUT2D eigenvalue weighted by Crippen LogP contribution is -2.42. The molecule has 0 spiro atoms. The van der Waals surface area contributed by atoms with Crippen molar-refractivity contribution in [1.82, 2.24) is 14.8 Å². The zero-order chi connectivity index (χ0) is 20.9. The molecule has 0 bridgehead atoms. The van der Waals surface area contributed by atoms with E-state index in [9.17, 15) is 9.59 Å². The van der Waals surface area contributed by atoms with Crippen LogP contribution < -0.4 is 0 Å². The van der Waals surface area contributed by atoms with Crippen LogP contribution in [0.3, 0.4) is 0 Å². The summed E-state index contributed by atoms with van der Waals surface area (Å²) in [6, 6.07) is 12.3. The Morgan fingerprint density at radius 1 is 1.13 bits per heavy atom. The summed E-state index contributed by atoms with van der Waals surface area (Å²) in [5.41, 5.74) is 3.33. The summed E-state index contributed by atoms with van der Waals surface area (Å²) >= 11 is 0. The maximum absolute atomic E-state index is 13.2. The normalized spacial score (nSPS) is 19.9. The van der Waals surface area contributed by atoms with E-state index in [2.05, 4.69) is 29.8 Å². The summed E-state index contributed by atoms with van der Waals surface area (Å²) < 4.78 is 0. The summed E-state index contributed by atoms with van der Waals surface area (Å²) in [6.45, 7) is 6.02. The smallest absolute Gasteiger partial charge is 0.228 e. The molecule has 0 radical (unpaired) electrons. The van der Waals surface area contributed by atoms with Crippen molar-refractivity contribution in [1.29, 1.82) is 0 Å². The number of hydrogen-bond donors (Lipinski definition) is 0. The predicted molar refractivity (Wildman–Crippen MR) is 118 cm³/mol. The van der Waals surface area contributed by atoms with Gasteiger partial charge in [-0.05, 0) is 48.1 Å². The molecule has 1 aliphatic carbocycles. The van der Waals surface area contributed by atoms with Crippen molar-refractivity contribution < 1.29 is 9.59 Å². The van der Waals surface area contributed by atoms with E-state index in [0.717, 1.165) is 36.0 Å². The van der Waals surface area contributed by atoms with Gasteiger partial charge in [0, 0.05) is 44.5 Å². The molecule has 2 aliphatic rings. The molecule has 1 saturated carbocycles. The Morgan fingerprint density at radius 2 is 1.93 bits per heavy atom. The molecule has 1 aromatic heterocycles. The Kier molecular flexibility index (Phi) is 6.26. The van der Waals surface area contributed by atoms with Gasteiger partial charge in [0.1, 0.15) is 0 Å². The third kappa shape index (κ3) is 4.45. The Morgan fingerprint density at radius 3 is 2.63 bits per heavy atom. The third-order valence-corrected chi connectivity index (χ3v) is 6.28.